The second-order valence-electron chi connectivity index (χ2n) is 6.05. The zero-order chi connectivity index (χ0) is 18.4. The van der Waals surface area contributed by atoms with Crippen LogP contribution in [0.25, 0.3) is 0 Å². The van der Waals surface area contributed by atoms with Gasteiger partial charge in [-0.2, -0.15) is 0 Å². The van der Waals surface area contributed by atoms with Crippen LogP contribution in [0.5, 0.6) is 0 Å². The summed E-state index contributed by atoms with van der Waals surface area (Å²) in [4.78, 5) is 16.6. The van der Waals surface area contributed by atoms with Gasteiger partial charge >= 0.3 is 0 Å². The highest BCUT2D eigenvalue weighted by molar-refractivity contribution is 6.31. The molecule has 1 heterocycles. The van der Waals surface area contributed by atoms with Gasteiger partial charge < -0.3 is 10.6 Å². The Morgan fingerprint density at radius 3 is 2.62 bits per heavy atom. The molecule has 0 unspecified atom stereocenters. The third kappa shape index (κ3) is 4.83. The van der Waals surface area contributed by atoms with Crippen molar-refractivity contribution in [1.82, 2.24) is 10.3 Å². The number of carbonyl (C=O) groups excluding carboxylic acids is 1. The molecule has 0 saturated heterocycles. The quantitative estimate of drug-likeness (QED) is 0.672. The second-order valence-corrected chi connectivity index (χ2v) is 6.46. The molecule has 0 aliphatic heterocycles. The molecule has 0 spiro atoms. The van der Waals surface area contributed by atoms with Crippen molar-refractivity contribution in [2.75, 3.05) is 5.32 Å². The molecule has 1 aromatic heterocycles. The zero-order valence-electron chi connectivity index (χ0n) is 14.5. The Labute approximate surface area is 158 Å². The summed E-state index contributed by atoms with van der Waals surface area (Å²) in [6.07, 6.45) is 1.57. The molecule has 132 valence electrons. The Hall–Kier alpha value is -2.85. The third-order valence-electron chi connectivity index (χ3n) is 3.98. The minimum absolute atomic E-state index is 0.178. The first-order valence-corrected chi connectivity index (χ1v) is 8.77. The van der Waals surface area contributed by atoms with Crippen molar-refractivity contribution >= 4 is 23.3 Å². The van der Waals surface area contributed by atoms with Gasteiger partial charge in [0.2, 0.25) is 0 Å². The number of nitrogens with one attached hydrogen (secondary N) is 2. The van der Waals surface area contributed by atoms with Gasteiger partial charge in [-0.25, -0.2) is 4.98 Å². The van der Waals surface area contributed by atoms with Gasteiger partial charge in [-0.15, -0.1) is 0 Å². The number of amides is 1. The number of nitrogens with zero attached hydrogens (tertiary/aromatic N) is 1. The van der Waals surface area contributed by atoms with Crippen molar-refractivity contribution in [3.63, 3.8) is 0 Å². The third-order valence-corrected chi connectivity index (χ3v) is 4.35. The van der Waals surface area contributed by atoms with E-state index in [9.17, 15) is 4.79 Å². The molecule has 0 bridgehead atoms. The maximum atomic E-state index is 12.2. The molecule has 3 rings (SSSR count). The normalized spacial score (nSPS) is 10.4. The van der Waals surface area contributed by atoms with Crippen LogP contribution in [0.3, 0.4) is 0 Å². The number of aryl methyl sites for hydroxylation is 1. The summed E-state index contributed by atoms with van der Waals surface area (Å²) in [5.74, 6) is 0.553. The first-order valence-electron chi connectivity index (χ1n) is 8.39. The van der Waals surface area contributed by atoms with Crippen LogP contribution in [0.15, 0.2) is 66.9 Å². The molecule has 3 aromatic rings. The van der Waals surface area contributed by atoms with Crippen molar-refractivity contribution in [2.45, 2.75) is 20.0 Å². The molecule has 26 heavy (non-hydrogen) atoms. The van der Waals surface area contributed by atoms with E-state index in [1.807, 2.05) is 24.3 Å². The van der Waals surface area contributed by atoms with Gasteiger partial charge in [-0.05, 0) is 36.2 Å². The molecule has 5 heteroatoms. The van der Waals surface area contributed by atoms with Crippen LogP contribution < -0.4 is 10.6 Å². The molecule has 2 aromatic carbocycles. The molecule has 0 aliphatic rings. The van der Waals surface area contributed by atoms with Crippen molar-refractivity contribution in [1.29, 1.82) is 0 Å². The SMILES string of the molecule is Cc1cccc(CNc2ccc(C(=O)NCc3ccccc3Cl)cn2)c1. The fraction of sp³-hybridized carbons (Fsp3) is 0.143. The Kier molecular flexibility index (Phi) is 5.87. The number of pyridine rings is 1. The number of aromatic nitrogens is 1. The predicted molar refractivity (Wildman–Crippen MR) is 105 cm³/mol. The van der Waals surface area contributed by atoms with Crippen molar-refractivity contribution in [3.05, 3.63) is 94.1 Å². The van der Waals surface area contributed by atoms with Gasteiger partial charge in [0.25, 0.3) is 5.91 Å². The van der Waals surface area contributed by atoms with Crippen LogP contribution in [-0.4, -0.2) is 10.9 Å². The second kappa shape index (κ2) is 8.50. The van der Waals surface area contributed by atoms with E-state index in [-0.39, 0.29) is 5.91 Å². The maximum Gasteiger partial charge on any atom is 0.253 e. The molecule has 0 saturated carbocycles. The Balaban J connectivity index is 1.55. The van der Waals surface area contributed by atoms with Crippen LogP contribution in [0.2, 0.25) is 5.02 Å². The highest BCUT2D eigenvalue weighted by Gasteiger charge is 2.07. The molecular weight excluding hydrogens is 346 g/mol. The molecule has 0 aliphatic carbocycles. The summed E-state index contributed by atoms with van der Waals surface area (Å²) in [6.45, 7) is 3.14. The van der Waals surface area contributed by atoms with Crippen LogP contribution in [0, 0.1) is 6.92 Å². The zero-order valence-corrected chi connectivity index (χ0v) is 15.3. The standard InChI is InChI=1S/C21H20ClN3O/c1-15-5-4-6-16(11-15)12-23-20-10-9-18(14-24-20)21(26)25-13-17-7-2-3-8-19(17)22/h2-11,14H,12-13H2,1H3,(H,23,24)(H,25,26). The summed E-state index contributed by atoms with van der Waals surface area (Å²) in [5.41, 5.74) is 3.81. The lowest BCUT2D eigenvalue weighted by molar-refractivity contribution is 0.0950. The van der Waals surface area contributed by atoms with Gasteiger partial charge in [0.1, 0.15) is 5.82 Å². The topological polar surface area (TPSA) is 54.0 Å². The fourth-order valence-corrected chi connectivity index (χ4v) is 2.77. The maximum absolute atomic E-state index is 12.2. The van der Waals surface area contributed by atoms with E-state index in [1.165, 1.54) is 11.1 Å². The Bertz CT molecular complexity index is 894. The molecule has 4 nitrogen and oxygen atoms in total. The van der Waals surface area contributed by atoms with E-state index >= 15 is 0 Å². The smallest absolute Gasteiger partial charge is 0.253 e. The van der Waals surface area contributed by atoms with Gasteiger partial charge in [-0.3, -0.25) is 4.79 Å². The summed E-state index contributed by atoms with van der Waals surface area (Å²) in [6, 6.07) is 19.3. The minimum Gasteiger partial charge on any atom is -0.366 e. The largest absolute Gasteiger partial charge is 0.366 e. The van der Waals surface area contributed by atoms with E-state index in [2.05, 4.69) is 40.7 Å². The number of hydrogen-bond acceptors (Lipinski definition) is 3. The number of hydrogen-bond donors (Lipinski definition) is 2. The van der Waals surface area contributed by atoms with E-state index < -0.39 is 0 Å². The number of carbonyl (C=O) groups is 1. The van der Waals surface area contributed by atoms with E-state index in [0.29, 0.717) is 23.7 Å². The summed E-state index contributed by atoms with van der Waals surface area (Å²) >= 11 is 6.10. The Morgan fingerprint density at radius 2 is 1.88 bits per heavy atom. The number of rotatable bonds is 6. The first-order chi connectivity index (χ1) is 12.6. The highest BCUT2D eigenvalue weighted by Crippen LogP contribution is 2.15. The lowest BCUT2D eigenvalue weighted by atomic mass is 10.1. The first kappa shape index (κ1) is 18.0. The van der Waals surface area contributed by atoms with Crippen LogP contribution in [0.1, 0.15) is 27.0 Å². The lowest BCUT2D eigenvalue weighted by Gasteiger charge is -2.09. The monoisotopic (exact) mass is 365 g/mol. The van der Waals surface area contributed by atoms with Gasteiger partial charge in [0.05, 0.1) is 5.56 Å². The number of halogens is 1. The molecular formula is C21H20ClN3O. The van der Waals surface area contributed by atoms with E-state index in [0.717, 1.165) is 11.4 Å². The van der Waals surface area contributed by atoms with Crippen LogP contribution in [-0.2, 0) is 13.1 Å². The molecule has 0 fully saturated rings. The summed E-state index contributed by atoms with van der Waals surface area (Å²) in [5, 5.41) is 6.76. The van der Waals surface area contributed by atoms with Crippen molar-refractivity contribution in [3.8, 4) is 0 Å². The van der Waals surface area contributed by atoms with Crippen LogP contribution in [0.4, 0.5) is 5.82 Å². The van der Waals surface area contributed by atoms with Gasteiger partial charge in [-0.1, -0.05) is 59.6 Å². The minimum atomic E-state index is -0.178. The number of benzene rings is 2. The summed E-state index contributed by atoms with van der Waals surface area (Å²) < 4.78 is 0. The molecule has 0 radical (unpaired) electrons. The van der Waals surface area contributed by atoms with Crippen molar-refractivity contribution in [2.24, 2.45) is 0 Å². The average Bonchev–Trinajstić information content (AvgIpc) is 2.66. The summed E-state index contributed by atoms with van der Waals surface area (Å²) in [7, 11) is 0. The lowest BCUT2D eigenvalue weighted by Crippen LogP contribution is -2.23. The van der Waals surface area contributed by atoms with Crippen LogP contribution >= 0.6 is 11.6 Å². The van der Waals surface area contributed by atoms with Gasteiger partial charge in [0.15, 0.2) is 0 Å². The average molecular weight is 366 g/mol. The Morgan fingerprint density at radius 1 is 1.04 bits per heavy atom. The van der Waals surface area contributed by atoms with Crippen molar-refractivity contribution < 1.29 is 4.79 Å². The van der Waals surface area contributed by atoms with E-state index in [4.69, 9.17) is 11.6 Å². The molecule has 0 atom stereocenters. The number of anilines is 1. The fourth-order valence-electron chi connectivity index (χ4n) is 2.57. The molecule has 1 amide bonds. The highest BCUT2D eigenvalue weighted by atomic mass is 35.5. The van der Waals surface area contributed by atoms with E-state index in [1.54, 1.807) is 24.4 Å². The molecule has 2 N–H and O–H groups in total. The predicted octanol–water partition coefficient (Wildman–Crippen LogP) is 4.59. The van der Waals surface area contributed by atoms with Gasteiger partial charge in [0, 0.05) is 24.3 Å².